The lowest BCUT2D eigenvalue weighted by Crippen LogP contribution is -2.38. The average molecular weight is 223 g/mol. The molecule has 0 aliphatic carbocycles. The van der Waals surface area contributed by atoms with Gasteiger partial charge in [0.15, 0.2) is 5.82 Å². The van der Waals surface area contributed by atoms with E-state index in [1.54, 1.807) is 13.2 Å². The molecular weight excluding hydrogens is 202 g/mol. The first-order valence-electron chi connectivity index (χ1n) is 5.56. The van der Waals surface area contributed by atoms with Crippen LogP contribution in [-0.4, -0.2) is 24.2 Å². The second-order valence-corrected chi connectivity index (χ2v) is 4.36. The Morgan fingerprint density at radius 1 is 1.19 bits per heavy atom. The van der Waals surface area contributed by atoms with Gasteiger partial charge in [0.1, 0.15) is 0 Å². The topological polar surface area (TPSA) is 51.4 Å². The van der Waals surface area contributed by atoms with Gasteiger partial charge in [0, 0.05) is 18.2 Å². The van der Waals surface area contributed by atoms with Gasteiger partial charge in [-0.15, -0.1) is 0 Å². The van der Waals surface area contributed by atoms with Crippen LogP contribution in [0.5, 0.6) is 5.88 Å². The lowest BCUT2D eigenvalue weighted by atomic mass is 10.2. The molecule has 0 spiro atoms. The minimum Gasteiger partial charge on any atom is -0.481 e. The highest BCUT2D eigenvalue weighted by molar-refractivity contribution is 5.64. The third kappa shape index (κ3) is 2.56. The van der Waals surface area contributed by atoms with E-state index in [1.807, 2.05) is 6.07 Å². The van der Waals surface area contributed by atoms with Crippen LogP contribution in [0.1, 0.15) is 27.7 Å². The van der Waals surface area contributed by atoms with Crippen LogP contribution in [0.4, 0.5) is 11.5 Å². The van der Waals surface area contributed by atoms with Gasteiger partial charge in [-0.25, -0.2) is 0 Å². The van der Waals surface area contributed by atoms with Crippen LogP contribution in [0.2, 0.25) is 0 Å². The zero-order valence-electron chi connectivity index (χ0n) is 10.7. The molecule has 0 fully saturated rings. The Kier molecular flexibility index (Phi) is 3.99. The van der Waals surface area contributed by atoms with Gasteiger partial charge in [-0.3, -0.25) is 0 Å². The van der Waals surface area contributed by atoms with Crippen LogP contribution >= 0.6 is 0 Å². The number of anilines is 2. The molecule has 16 heavy (non-hydrogen) atoms. The van der Waals surface area contributed by atoms with Gasteiger partial charge >= 0.3 is 0 Å². The van der Waals surface area contributed by atoms with Gasteiger partial charge in [-0.1, -0.05) is 0 Å². The van der Waals surface area contributed by atoms with Crippen molar-refractivity contribution in [2.24, 2.45) is 0 Å². The number of nitrogen functional groups attached to an aromatic ring is 1. The van der Waals surface area contributed by atoms with Crippen molar-refractivity contribution in [1.29, 1.82) is 0 Å². The maximum Gasteiger partial charge on any atom is 0.215 e. The number of hydrogen-bond acceptors (Lipinski definition) is 4. The van der Waals surface area contributed by atoms with Crippen LogP contribution in [0.15, 0.2) is 12.1 Å². The van der Waals surface area contributed by atoms with E-state index in [4.69, 9.17) is 10.5 Å². The zero-order valence-corrected chi connectivity index (χ0v) is 10.7. The quantitative estimate of drug-likeness (QED) is 0.851. The minimum atomic E-state index is 0.349. The highest BCUT2D eigenvalue weighted by Crippen LogP contribution is 2.27. The van der Waals surface area contributed by atoms with E-state index in [0.29, 0.717) is 23.7 Å². The Balaban J connectivity index is 3.17. The third-order valence-corrected chi connectivity index (χ3v) is 2.45. The first-order chi connectivity index (χ1) is 7.47. The van der Waals surface area contributed by atoms with Gasteiger partial charge in [-0.2, -0.15) is 4.98 Å². The molecule has 1 aromatic rings. The van der Waals surface area contributed by atoms with E-state index in [0.717, 1.165) is 5.82 Å². The minimum absolute atomic E-state index is 0.349. The van der Waals surface area contributed by atoms with Crippen molar-refractivity contribution in [3.63, 3.8) is 0 Å². The molecule has 0 amide bonds. The van der Waals surface area contributed by atoms with Crippen molar-refractivity contribution < 1.29 is 4.74 Å². The zero-order chi connectivity index (χ0) is 12.3. The summed E-state index contributed by atoms with van der Waals surface area (Å²) in [6, 6.07) is 4.31. The summed E-state index contributed by atoms with van der Waals surface area (Å²) in [6.45, 7) is 8.50. The predicted octanol–water partition coefficient (Wildman–Crippen LogP) is 2.30. The lowest BCUT2D eigenvalue weighted by Gasteiger charge is -2.32. The highest BCUT2D eigenvalue weighted by Gasteiger charge is 2.18. The molecule has 0 aromatic carbocycles. The van der Waals surface area contributed by atoms with E-state index in [-0.39, 0.29) is 0 Å². The van der Waals surface area contributed by atoms with Crippen LogP contribution in [0.25, 0.3) is 0 Å². The van der Waals surface area contributed by atoms with Crippen LogP contribution in [0.3, 0.4) is 0 Å². The SMILES string of the molecule is COc1ccc(N)c(N(C(C)C)C(C)C)n1. The molecule has 0 aliphatic rings. The highest BCUT2D eigenvalue weighted by atomic mass is 16.5. The fourth-order valence-electron chi connectivity index (χ4n) is 1.85. The molecular formula is C12H21N3O. The van der Waals surface area contributed by atoms with Gasteiger partial charge < -0.3 is 15.4 Å². The van der Waals surface area contributed by atoms with Crippen molar-refractivity contribution >= 4 is 11.5 Å². The van der Waals surface area contributed by atoms with Crippen LogP contribution in [0, 0.1) is 0 Å². The van der Waals surface area contributed by atoms with E-state index >= 15 is 0 Å². The Bertz CT molecular complexity index is 342. The Morgan fingerprint density at radius 2 is 1.75 bits per heavy atom. The Morgan fingerprint density at radius 3 is 2.19 bits per heavy atom. The largest absolute Gasteiger partial charge is 0.481 e. The van der Waals surface area contributed by atoms with Crippen molar-refractivity contribution in [3.8, 4) is 5.88 Å². The second kappa shape index (κ2) is 5.05. The third-order valence-electron chi connectivity index (χ3n) is 2.45. The van der Waals surface area contributed by atoms with Crippen LogP contribution in [-0.2, 0) is 0 Å². The Labute approximate surface area is 97.4 Å². The molecule has 1 heterocycles. The maximum absolute atomic E-state index is 5.96. The lowest BCUT2D eigenvalue weighted by molar-refractivity contribution is 0.397. The van der Waals surface area contributed by atoms with Gasteiger partial charge in [-0.05, 0) is 33.8 Å². The molecule has 0 saturated carbocycles. The molecule has 0 bridgehead atoms. The first kappa shape index (κ1) is 12.6. The number of nitrogens with two attached hydrogens (primary N) is 1. The number of aromatic nitrogens is 1. The summed E-state index contributed by atoms with van der Waals surface area (Å²) in [5, 5.41) is 0. The molecule has 0 unspecified atom stereocenters. The second-order valence-electron chi connectivity index (χ2n) is 4.36. The molecule has 0 atom stereocenters. The van der Waals surface area contributed by atoms with Gasteiger partial charge in [0.25, 0.3) is 0 Å². The van der Waals surface area contributed by atoms with Gasteiger partial charge in [0.05, 0.1) is 12.8 Å². The molecule has 2 N–H and O–H groups in total. The van der Waals surface area contributed by atoms with E-state index < -0.39 is 0 Å². The number of nitrogens with zero attached hydrogens (tertiary/aromatic N) is 2. The maximum atomic E-state index is 5.96. The van der Waals surface area contributed by atoms with E-state index in [9.17, 15) is 0 Å². The van der Waals surface area contributed by atoms with Crippen molar-refractivity contribution in [2.45, 2.75) is 39.8 Å². The summed E-state index contributed by atoms with van der Waals surface area (Å²) in [6.07, 6.45) is 0. The summed E-state index contributed by atoms with van der Waals surface area (Å²) in [7, 11) is 1.61. The van der Waals surface area contributed by atoms with Crippen LogP contribution < -0.4 is 15.4 Å². The smallest absolute Gasteiger partial charge is 0.215 e. The van der Waals surface area contributed by atoms with Gasteiger partial charge in [0.2, 0.25) is 5.88 Å². The first-order valence-corrected chi connectivity index (χ1v) is 5.56. The molecule has 4 heteroatoms. The normalized spacial score (nSPS) is 10.9. The summed E-state index contributed by atoms with van der Waals surface area (Å²) in [4.78, 5) is 6.59. The number of hydrogen-bond donors (Lipinski definition) is 1. The van der Waals surface area contributed by atoms with Crippen molar-refractivity contribution in [3.05, 3.63) is 12.1 Å². The van der Waals surface area contributed by atoms with E-state index in [1.165, 1.54) is 0 Å². The standard InChI is InChI=1S/C12H21N3O/c1-8(2)15(9(3)4)12-10(13)6-7-11(14-12)16-5/h6-9H,13H2,1-5H3. The average Bonchev–Trinajstić information content (AvgIpc) is 2.20. The summed E-state index contributed by atoms with van der Waals surface area (Å²) >= 11 is 0. The molecule has 0 saturated heterocycles. The molecule has 1 aromatic heterocycles. The predicted molar refractivity (Wildman–Crippen MR) is 68.0 cm³/mol. The summed E-state index contributed by atoms with van der Waals surface area (Å²) in [5.74, 6) is 1.39. The number of pyridine rings is 1. The summed E-state index contributed by atoms with van der Waals surface area (Å²) < 4.78 is 5.13. The molecule has 90 valence electrons. The monoisotopic (exact) mass is 223 g/mol. The summed E-state index contributed by atoms with van der Waals surface area (Å²) in [5.41, 5.74) is 6.64. The molecule has 4 nitrogen and oxygen atoms in total. The molecule has 0 aliphatic heterocycles. The van der Waals surface area contributed by atoms with E-state index in [2.05, 4.69) is 37.6 Å². The fraction of sp³-hybridized carbons (Fsp3) is 0.583. The number of methoxy groups -OCH3 is 1. The Hall–Kier alpha value is -1.45. The van der Waals surface area contributed by atoms with Crippen molar-refractivity contribution in [2.75, 3.05) is 17.7 Å². The molecule has 1 rings (SSSR count). The van der Waals surface area contributed by atoms with Crippen molar-refractivity contribution in [1.82, 2.24) is 4.98 Å². The number of rotatable bonds is 4. The number of ether oxygens (including phenoxy) is 1. The molecule has 0 radical (unpaired) electrons. The fourth-order valence-corrected chi connectivity index (χ4v) is 1.85.